The average Bonchev–Trinajstić information content (AvgIpc) is 2.04. The van der Waals surface area contributed by atoms with Crippen LogP contribution in [0.3, 0.4) is 0 Å². The summed E-state index contributed by atoms with van der Waals surface area (Å²) >= 11 is 0. The summed E-state index contributed by atoms with van der Waals surface area (Å²) in [5.41, 5.74) is 0. The fraction of sp³-hybridized carbons (Fsp3) is 0.750. The van der Waals surface area contributed by atoms with Crippen LogP contribution in [0.2, 0.25) is 0 Å². The van der Waals surface area contributed by atoms with Crippen molar-refractivity contribution in [3.63, 3.8) is 0 Å². The van der Waals surface area contributed by atoms with Gasteiger partial charge in [0, 0.05) is 18.8 Å². The van der Waals surface area contributed by atoms with Crippen LogP contribution in [0.4, 0.5) is 8.78 Å². The maximum absolute atomic E-state index is 12.6. The van der Waals surface area contributed by atoms with Gasteiger partial charge in [0.15, 0.2) is 0 Å². The van der Waals surface area contributed by atoms with Gasteiger partial charge in [-0.2, -0.15) is 0 Å². The molecule has 0 saturated heterocycles. The smallest absolute Gasteiger partial charge is 0.259 e. The number of alkyl halides is 2. The molecule has 0 N–H and O–H groups in total. The number of aliphatic imine (C=N–C) groups is 1. The molecule has 3 nitrogen and oxygen atoms in total. The summed E-state index contributed by atoms with van der Waals surface area (Å²) in [5.74, 6) is -3.78. The van der Waals surface area contributed by atoms with Crippen molar-refractivity contribution in [2.24, 2.45) is 10.9 Å². The van der Waals surface area contributed by atoms with Gasteiger partial charge in [0.05, 0.1) is 0 Å². The third-order valence-electron chi connectivity index (χ3n) is 2.22. The van der Waals surface area contributed by atoms with E-state index in [1.165, 1.54) is 0 Å². The zero-order valence-corrected chi connectivity index (χ0v) is 6.93. The van der Waals surface area contributed by atoms with Crippen LogP contribution in [-0.4, -0.2) is 17.9 Å². The highest BCUT2D eigenvalue weighted by Crippen LogP contribution is 2.36. The molecule has 13 heavy (non-hydrogen) atoms. The first kappa shape index (κ1) is 9.99. The van der Waals surface area contributed by atoms with Crippen molar-refractivity contribution in [3.05, 3.63) is 0 Å². The number of hydrogen-bond acceptors (Lipinski definition) is 2. The number of nitrogens with zero attached hydrogens (tertiary/aromatic N) is 1. The van der Waals surface area contributed by atoms with Crippen LogP contribution in [0.1, 0.15) is 25.7 Å². The number of amides is 1. The summed E-state index contributed by atoms with van der Waals surface area (Å²) in [6.45, 7) is 0. The van der Waals surface area contributed by atoms with E-state index in [0.29, 0.717) is 0 Å². The van der Waals surface area contributed by atoms with Crippen LogP contribution < -0.4 is 0 Å². The molecule has 1 fully saturated rings. The number of carbonyl (C=O) groups is 1. The Labute approximate surface area is 73.8 Å². The Kier molecular flexibility index (Phi) is 2.88. The molecule has 0 radical (unpaired) electrons. The largest absolute Gasteiger partial charge is 0.271 e. The molecule has 72 valence electrons. The Morgan fingerprint density at radius 2 is 1.92 bits per heavy atom. The van der Waals surface area contributed by atoms with E-state index in [1.807, 2.05) is 0 Å². The van der Waals surface area contributed by atoms with Gasteiger partial charge in [0.1, 0.15) is 0 Å². The molecule has 0 atom stereocenters. The second kappa shape index (κ2) is 3.75. The van der Waals surface area contributed by atoms with E-state index in [9.17, 15) is 18.4 Å². The Morgan fingerprint density at radius 3 is 2.38 bits per heavy atom. The molecule has 1 amide bonds. The zero-order valence-electron chi connectivity index (χ0n) is 6.93. The lowest BCUT2D eigenvalue weighted by Crippen LogP contribution is -2.27. The van der Waals surface area contributed by atoms with Gasteiger partial charge in [-0.3, -0.25) is 4.79 Å². The first-order chi connectivity index (χ1) is 6.05. The highest BCUT2D eigenvalue weighted by molar-refractivity contribution is 5.83. The maximum atomic E-state index is 12.6. The number of isocyanates is 1. The molecule has 0 aromatic carbocycles. The second-order valence-electron chi connectivity index (χ2n) is 3.17. The number of hydrogen-bond donors (Lipinski definition) is 0. The molecule has 5 heteroatoms. The Morgan fingerprint density at radius 1 is 1.38 bits per heavy atom. The monoisotopic (exact) mass is 189 g/mol. The van der Waals surface area contributed by atoms with Gasteiger partial charge in [-0.1, -0.05) is 0 Å². The SMILES string of the molecule is O=C=NC(=O)C1CCC(F)(F)CC1. The van der Waals surface area contributed by atoms with Crippen LogP contribution >= 0.6 is 0 Å². The molecular formula is C8H9F2NO2. The lowest BCUT2D eigenvalue weighted by atomic mass is 9.86. The molecule has 1 aliphatic rings. The van der Waals surface area contributed by atoms with Gasteiger partial charge in [-0.25, -0.2) is 13.6 Å². The first-order valence-electron chi connectivity index (χ1n) is 4.05. The van der Waals surface area contributed by atoms with Gasteiger partial charge in [0.25, 0.3) is 5.91 Å². The van der Waals surface area contributed by atoms with Crippen molar-refractivity contribution < 1.29 is 18.4 Å². The fourth-order valence-corrected chi connectivity index (χ4v) is 1.42. The summed E-state index contributed by atoms with van der Waals surface area (Å²) in [6, 6.07) is 0. The van der Waals surface area contributed by atoms with Crippen molar-refractivity contribution in [1.82, 2.24) is 0 Å². The van der Waals surface area contributed by atoms with Crippen LogP contribution in [0, 0.1) is 5.92 Å². The summed E-state index contributed by atoms with van der Waals surface area (Å²) in [4.78, 5) is 23.6. The third-order valence-corrected chi connectivity index (χ3v) is 2.22. The molecule has 0 spiro atoms. The average molecular weight is 189 g/mol. The van der Waals surface area contributed by atoms with Gasteiger partial charge < -0.3 is 0 Å². The lowest BCUT2D eigenvalue weighted by molar-refractivity contribution is -0.125. The minimum absolute atomic E-state index is 0.108. The van der Waals surface area contributed by atoms with Crippen LogP contribution in [-0.2, 0) is 9.59 Å². The van der Waals surface area contributed by atoms with E-state index < -0.39 is 17.7 Å². The van der Waals surface area contributed by atoms with E-state index >= 15 is 0 Å². The third kappa shape index (κ3) is 2.70. The van der Waals surface area contributed by atoms with E-state index in [-0.39, 0.29) is 25.7 Å². The van der Waals surface area contributed by atoms with Crippen LogP contribution in [0.25, 0.3) is 0 Å². The van der Waals surface area contributed by atoms with Crippen molar-refractivity contribution in [2.75, 3.05) is 0 Å². The molecular weight excluding hydrogens is 180 g/mol. The van der Waals surface area contributed by atoms with Gasteiger partial charge >= 0.3 is 0 Å². The predicted molar refractivity (Wildman–Crippen MR) is 40.0 cm³/mol. The molecule has 0 heterocycles. The quantitative estimate of drug-likeness (QED) is 0.465. The Balaban J connectivity index is 2.50. The fourth-order valence-electron chi connectivity index (χ4n) is 1.42. The summed E-state index contributed by atoms with van der Waals surface area (Å²) < 4.78 is 25.2. The maximum Gasteiger partial charge on any atom is 0.259 e. The van der Waals surface area contributed by atoms with E-state index in [2.05, 4.69) is 4.99 Å². The topological polar surface area (TPSA) is 46.5 Å². The summed E-state index contributed by atoms with van der Waals surface area (Å²) in [5, 5.41) is 0. The Hall–Kier alpha value is -1.09. The standard InChI is InChI=1S/C8H9F2NO2/c9-8(10)3-1-6(2-4-8)7(13)11-5-12/h6H,1-4H2. The summed E-state index contributed by atoms with van der Waals surface area (Å²) in [6.07, 6.45) is 0.752. The van der Waals surface area contributed by atoms with E-state index in [1.54, 1.807) is 0 Å². The van der Waals surface area contributed by atoms with Crippen LogP contribution in [0.5, 0.6) is 0 Å². The molecule has 0 aromatic rings. The Bertz CT molecular complexity index is 249. The van der Waals surface area contributed by atoms with E-state index in [0.717, 1.165) is 6.08 Å². The molecule has 0 unspecified atom stereocenters. The number of carbonyl (C=O) groups excluding carboxylic acids is 2. The lowest BCUT2D eigenvalue weighted by Gasteiger charge is -2.25. The van der Waals surface area contributed by atoms with Gasteiger partial charge in [0.2, 0.25) is 12.0 Å². The molecule has 1 saturated carbocycles. The van der Waals surface area contributed by atoms with E-state index in [4.69, 9.17) is 0 Å². The van der Waals surface area contributed by atoms with Gasteiger partial charge in [-0.05, 0) is 12.8 Å². The predicted octanol–water partition coefficient (Wildman–Crippen LogP) is 1.67. The molecule has 1 aliphatic carbocycles. The molecule has 0 aliphatic heterocycles. The summed E-state index contributed by atoms with van der Waals surface area (Å²) in [7, 11) is 0. The van der Waals surface area contributed by atoms with Crippen molar-refractivity contribution in [2.45, 2.75) is 31.6 Å². The van der Waals surface area contributed by atoms with Crippen molar-refractivity contribution in [3.8, 4) is 0 Å². The van der Waals surface area contributed by atoms with Crippen molar-refractivity contribution in [1.29, 1.82) is 0 Å². The second-order valence-corrected chi connectivity index (χ2v) is 3.17. The number of halogens is 2. The number of rotatable bonds is 1. The van der Waals surface area contributed by atoms with Gasteiger partial charge in [-0.15, -0.1) is 4.99 Å². The molecule has 1 rings (SSSR count). The minimum Gasteiger partial charge on any atom is -0.271 e. The molecule has 0 aromatic heterocycles. The van der Waals surface area contributed by atoms with Crippen LogP contribution in [0.15, 0.2) is 4.99 Å². The first-order valence-corrected chi connectivity index (χ1v) is 4.05. The highest BCUT2D eigenvalue weighted by atomic mass is 19.3. The zero-order chi connectivity index (χ0) is 9.90. The van der Waals surface area contributed by atoms with Crippen molar-refractivity contribution >= 4 is 12.0 Å². The highest BCUT2D eigenvalue weighted by Gasteiger charge is 2.37. The molecule has 0 bridgehead atoms. The minimum atomic E-state index is -2.65. The normalized spacial score (nSPS) is 22.0.